The van der Waals surface area contributed by atoms with Crippen LogP contribution < -0.4 is 5.32 Å². The molecule has 0 saturated carbocycles. The van der Waals surface area contributed by atoms with Gasteiger partial charge in [-0.25, -0.2) is 8.42 Å². The second kappa shape index (κ2) is 6.52. The molecule has 0 atom stereocenters. The number of aryl methyl sites for hydroxylation is 1. The van der Waals surface area contributed by atoms with Crippen molar-refractivity contribution in [2.45, 2.75) is 27.3 Å². The molecular formula is C12H21NO2S2. The predicted octanol–water partition coefficient (Wildman–Crippen LogP) is 2.22. The van der Waals surface area contributed by atoms with E-state index >= 15 is 0 Å². The maximum atomic E-state index is 11.6. The quantitative estimate of drug-likeness (QED) is 0.776. The number of sulfone groups is 1. The highest BCUT2D eigenvalue weighted by molar-refractivity contribution is 7.91. The molecule has 1 aromatic heterocycles. The van der Waals surface area contributed by atoms with Crippen molar-refractivity contribution in [3.63, 3.8) is 0 Å². The third-order valence-corrected chi connectivity index (χ3v) is 5.45. The van der Waals surface area contributed by atoms with Gasteiger partial charge in [-0.1, -0.05) is 13.8 Å². The van der Waals surface area contributed by atoms with Gasteiger partial charge in [-0.3, -0.25) is 0 Å². The molecule has 1 aromatic rings. The molecule has 3 nitrogen and oxygen atoms in total. The Morgan fingerprint density at radius 1 is 1.41 bits per heavy atom. The molecule has 5 heteroatoms. The first-order valence-electron chi connectivity index (χ1n) is 5.85. The number of hydrogen-bond acceptors (Lipinski definition) is 4. The second-order valence-corrected chi connectivity index (χ2v) is 7.94. The Morgan fingerprint density at radius 2 is 2.12 bits per heavy atom. The summed E-state index contributed by atoms with van der Waals surface area (Å²) in [6.07, 6.45) is 0. The van der Waals surface area contributed by atoms with E-state index in [0.29, 0.717) is 6.54 Å². The summed E-state index contributed by atoms with van der Waals surface area (Å²) < 4.78 is 23.3. The Labute approximate surface area is 108 Å². The molecule has 0 aliphatic carbocycles. The fraction of sp³-hybridized carbons (Fsp3) is 0.667. The van der Waals surface area contributed by atoms with Gasteiger partial charge < -0.3 is 5.32 Å². The predicted molar refractivity (Wildman–Crippen MR) is 74.3 cm³/mol. The summed E-state index contributed by atoms with van der Waals surface area (Å²) >= 11 is 1.71. The van der Waals surface area contributed by atoms with Crippen LogP contribution >= 0.6 is 11.3 Å². The van der Waals surface area contributed by atoms with Gasteiger partial charge >= 0.3 is 0 Å². The van der Waals surface area contributed by atoms with E-state index in [1.165, 1.54) is 10.4 Å². The van der Waals surface area contributed by atoms with Gasteiger partial charge in [0.2, 0.25) is 0 Å². The molecule has 0 radical (unpaired) electrons. The molecule has 98 valence electrons. The van der Waals surface area contributed by atoms with Crippen LogP contribution in [0.3, 0.4) is 0 Å². The van der Waals surface area contributed by atoms with Crippen LogP contribution in [-0.4, -0.2) is 26.5 Å². The highest BCUT2D eigenvalue weighted by Crippen LogP contribution is 2.14. The molecular weight excluding hydrogens is 254 g/mol. The summed E-state index contributed by atoms with van der Waals surface area (Å²) in [6.45, 7) is 7.23. The smallest absolute Gasteiger partial charge is 0.151 e. The average molecular weight is 275 g/mol. The van der Waals surface area contributed by atoms with Crippen molar-refractivity contribution < 1.29 is 8.42 Å². The Hall–Kier alpha value is -0.390. The van der Waals surface area contributed by atoms with Gasteiger partial charge in [-0.2, -0.15) is 0 Å². The highest BCUT2D eigenvalue weighted by atomic mass is 32.2. The van der Waals surface area contributed by atoms with Crippen molar-refractivity contribution in [1.82, 2.24) is 5.32 Å². The first-order valence-corrected chi connectivity index (χ1v) is 8.55. The Bertz CT molecular complexity index is 435. The van der Waals surface area contributed by atoms with Crippen LogP contribution in [0, 0.1) is 12.8 Å². The third-order valence-electron chi connectivity index (χ3n) is 2.43. The minimum absolute atomic E-state index is 0.208. The number of hydrogen-bond donors (Lipinski definition) is 1. The number of rotatable bonds is 7. The topological polar surface area (TPSA) is 46.2 Å². The Balaban J connectivity index is 2.27. The van der Waals surface area contributed by atoms with Gasteiger partial charge in [0.1, 0.15) is 0 Å². The van der Waals surface area contributed by atoms with Gasteiger partial charge in [0.25, 0.3) is 0 Å². The largest absolute Gasteiger partial charge is 0.311 e. The Kier molecular flexibility index (Phi) is 5.62. The monoisotopic (exact) mass is 275 g/mol. The van der Waals surface area contributed by atoms with Gasteiger partial charge in [0.05, 0.1) is 11.5 Å². The van der Waals surface area contributed by atoms with Crippen LogP contribution in [0.15, 0.2) is 11.4 Å². The summed E-state index contributed by atoms with van der Waals surface area (Å²) in [4.78, 5) is 1.28. The van der Waals surface area contributed by atoms with Crippen LogP contribution in [0.1, 0.15) is 24.3 Å². The number of nitrogens with one attached hydrogen (secondary N) is 1. The van der Waals surface area contributed by atoms with E-state index in [9.17, 15) is 8.42 Å². The van der Waals surface area contributed by atoms with Crippen LogP contribution in [0.25, 0.3) is 0 Å². The van der Waals surface area contributed by atoms with E-state index in [1.807, 2.05) is 13.8 Å². The molecule has 0 bridgehead atoms. The second-order valence-electron chi connectivity index (χ2n) is 4.71. The zero-order valence-corrected chi connectivity index (χ0v) is 12.3. The van der Waals surface area contributed by atoms with E-state index in [2.05, 4.69) is 23.7 Å². The molecule has 0 spiro atoms. The fourth-order valence-corrected chi connectivity index (χ4v) is 4.12. The summed E-state index contributed by atoms with van der Waals surface area (Å²) in [7, 11) is -2.89. The minimum atomic E-state index is -2.89. The van der Waals surface area contributed by atoms with Crippen molar-refractivity contribution in [1.29, 1.82) is 0 Å². The lowest BCUT2D eigenvalue weighted by Gasteiger charge is -2.07. The third kappa shape index (κ3) is 5.66. The molecule has 1 heterocycles. The van der Waals surface area contributed by atoms with E-state index in [4.69, 9.17) is 0 Å². The van der Waals surface area contributed by atoms with Gasteiger partial charge in [0.15, 0.2) is 9.84 Å². The van der Waals surface area contributed by atoms with Crippen LogP contribution in [0.5, 0.6) is 0 Å². The van der Waals surface area contributed by atoms with Crippen LogP contribution in [0.2, 0.25) is 0 Å². The lowest BCUT2D eigenvalue weighted by Crippen LogP contribution is -2.25. The molecule has 0 unspecified atom stereocenters. The van der Waals surface area contributed by atoms with Gasteiger partial charge in [-0.05, 0) is 29.9 Å². The zero-order valence-electron chi connectivity index (χ0n) is 10.7. The van der Waals surface area contributed by atoms with Crippen molar-refractivity contribution in [3.8, 4) is 0 Å². The summed E-state index contributed by atoms with van der Waals surface area (Å²) in [5.41, 5.74) is 1.27. The maximum absolute atomic E-state index is 11.6. The lowest BCUT2D eigenvalue weighted by atomic mass is 10.3. The normalized spacial score (nSPS) is 12.2. The molecule has 0 saturated heterocycles. The molecule has 1 rings (SSSR count). The highest BCUT2D eigenvalue weighted by Gasteiger charge is 2.12. The van der Waals surface area contributed by atoms with E-state index in [0.717, 1.165) is 6.54 Å². The summed E-state index contributed by atoms with van der Waals surface area (Å²) in [6, 6.07) is 2.08. The van der Waals surface area contributed by atoms with Crippen LogP contribution in [-0.2, 0) is 16.4 Å². The fourth-order valence-electron chi connectivity index (χ4n) is 1.61. The molecule has 0 amide bonds. The standard InChI is InChI=1S/C12H21NO2S2/c1-10(2)9-17(14,15)7-5-13-8-12-11(3)4-6-16-12/h4,6,10,13H,5,7-9H2,1-3H3. The van der Waals surface area contributed by atoms with Gasteiger partial charge in [0, 0.05) is 18.0 Å². The van der Waals surface area contributed by atoms with Crippen molar-refractivity contribution in [2.24, 2.45) is 5.92 Å². The first kappa shape index (κ1) is 14.7. The molecule has 0 fully saturated rings. The molecule has 0 aliphatic heterocycles. The molecule has 0 aliphatic rings. The van der Waals surface area contributed by atoms with E-state index in [1.54, 1.807) is 11.3 Å². The lowest BCUT2D eigenvalue weighted by molar-refractivity contribution is 0.578. The zero-order chi connectivity index (χ0) is 12.9. The SMILES string of the molecule is Cc1ccsc1CNCCS(=O)(=O)CC(C)C. The molecule has 17 heavy (non-hydrogen) atoms. The minimum Gasteiger partial charge on any atom is -0.311 e. The first-order chi connectivity index (χ1) is 7.91. The summed E-state index contributed by atoms with van der Waals surface area (Å²) in [5.74, 6) is 0.724. The van der Waals surface area contributed by atoms with Gasteiger partial charge in [-0.15, -0.1) is 11.3 Å². The van der Waals surface area contributed by atoms with E-state index in [-0.39, 0.29) is 17.4 Å². The van der Waals surface area contributed by atoms with Crippen LogP contribution in [0.4, 0.5) is 0 Å². The molecule has 1 N–H and O–H groups in total. The molecule has 0 aromatic carbocycles. The maximum Gasteiger partial charge on any atom is 0.151 e. The van der Waals surface area contributed by atoms with E-state index < -0.39 is 9.84 Å². The van der Waals surface area contributed by atoms with Crippen molar-refractivity contribution in [2.75, 3.05) is 18.1 Å². The number of thiophene rings is 1. The average Bonchev–Trinajstić information content (AvgIpc) is 2.57. The van der Waals surface area contributed by atoms with Crippen molar-refractivity contribution in [3.05, 3.63) is 21.9 Å². The Morgan fingerprint density at radius 3 is 2.65 bits per heavy atom. The summed E-state index contributed by atoms with van der Waals surface area (Å²) in [5, 5.41) is 5.25. The van der Waals surface area contributed by atoms with Crippen molar-refractivity contribution >= 4 is 21.2 Å².